The molecule has 3 heteroatoms. The van der Waals surface area contributed by atoms with Crippen LogP contribution < -0.4 is 5.73 Å². The maximum Gasteiger partial charge on any atom is 0.283 e. The molecule has 0 bridgehead atoms. The predicted octanol–water partition coefficient (Wildman–Crippen LogP) is 0.802. The van der Waals surface area contributed by atoms with Crippen LogP contribution in [-0.2, 0) is 9.53 Å². The minimum absolute atomic E-state index is 0.252. The van der Waals surface area contributed by atoms with Crippen molar-refractivity contribution in [3.63, 3.8) is 0 Å². The second-order valence-electron chi connectivity index (χ2n) is 1.93. The molecule has 0 spiro atoms. The SMILES string of the molecule is CCC/C=C(/OC)C(N)=O. The number of allylic oxidation sites excluding steroid dienone is 1. The lowest BCUT2D eigenvalue weighted by Crippen LogP contribution is -2.14. The lowest BCUT2D eigenvalue weighted by molar-refractivity contribution is -0.117. The summed E-state index contributed by atoms with van der Waals surface area (Å²) in [6.07, 6.45) is 3.51. The Hall–Kier alpha value is -0.990. The van der Waals surface area contributed by atoms with Crippen LogP contribution in [0.2, 0.25) is 0 Å². The molecule has 58 valence electrons. The molecule has 0 aromatic heterocycles. The number of unbranched alkanes of at least 4 members (excludes halogenated alkanes) is 1. The molecule has 0 aromatic carbocycles. The van der Waals surface area contributed by atoms with Crippen molar-refractivity contribution in [1.82, 2.24) is 0 Å². The van der Waals surface area contributed by atoms with Crippen molar-refractivity contribution < 1.29 is 9.53 Å². The van der Waals surface area contributed by atoms with E-state index < -0.39 is 5.91 Å². The number of amides is 1. The second kappa shape index (κ2) is 4.85. The molecule has 0 unspecified atom stereocenters. The van der Waals surface area contributed by atoms with Gasteiger partial charge in [0.15, 0.2) is 5.76 Å². The number of carbonyl (C=O) groups is 1. The van der Waals surface area contributed by atoms with Gasteiger partial charge in [0.2, 0.25) is 0 Å². The Balaban J connectivity index is 3.91. The van der Waals surface area contributed by atoms with E-state index in [1.165, 1.54) is 7.11 Å². The predicted molar refractivity (Wildman–Crippen MR) is 39.2 cm³/mol. The van der Waals surface area contributed by atoms with Crippen LogP contribution in [-0.4, -0.2) is 13.0 Å². The summed E-state index contributed by atoms with van der Waals surface area (Å²) in [6, 6.07) is 0. The third-order valence-electron chi connectivity index (χ3n) is 1.08. The first kappa shape index (κ1) is 9.01. The number of carbonyl (C=O) groups excluding carboxylic acids is 1. The fourth-order valence-electron chi connectivity index (χ4n) is 0.560. The average Bonchev–Trinajstić information content (AvgIpc) is 1.89. The van der Waals surface area contributed by atoms with Gasteiger partial charge in [0.05, 0.1) is 7.11 Å². The van der Waals surface area contributed by atoms with Crippen LogP contribution >= 0.6 is 0 Å². The Labute approximate surface area is 60.9 Å². The van der Waals surface area contributed by atoms with Gasteiger partial charge in [-0.2, -0.15) is 0 Å². The number of hydrogen-bond acceptors (Lipinski definition) is 2. The Morgan fingerprint density at radius 2 is 2.30 bits per heavy atom. The van der Waals surface area contributed by atoms with E-state index in [-0.39, 0.29) is 5.76 Å². The first-order valence-electron chi connectivity index (χ1n) is 3.26. The van der Waals surface area contributed by atoms with Gasteiger partial charge in [0.1, 0.15) is 0 Å². The smallest absolute Gasteiger partial charge is 0.283 e. The molecule has 0 rings (SSSR count). The standard InChI is InChI=1S/C7H13NO2/c1-3-4-5-6(10-2)7(8)9/h5H,3-4H2,1-2H3,(H2,8,9)/b6-5+. The summed E-state index contributed by atoms with van der Waals surface area (Å²) >= 11 is 0. The second-order valence-corrected chi connectivity index (χ2v) is 1.93. The zero-order valence-corrected chi connectivity index (χ0v) is 6.39. The number of nitrogens with two attached hydrogens (primary N) is 1. The molecule has 0 fully saturated rings. The van der Waals surface area contributed by atoms with Gasteiger partial charge >= 0.3 is 0 Å². The highest BCUT2D eigenvalue weighted by Crippen LogP contribution is 1.97. The van der Waals surface area contributed by atoms with Crippen LogP contribution in [0.5, 0.6) is 0 Å². The number of hydrogen-bond donors (Lipinski definition) is 1. The molecule has 0 saturated carbocycles. The van der Waals surface area contributed by atoms with E-state index in [0.717, 1.165) is 12.8 Å². The van der Waals surface area contributed by atoms with Gasteiger partial charge in [-0.15, -0.1) is 0 Å². The number of rotatable bonds is 4. The van der Waals surface area contributed by atoms with Crippen LogP contribution in [0.15, 0.2) is 11.8 Å². The molecular formula is C7H13NO2. The van der Waals surface area contributed by atoms with E-state index in [2.05, 4.69) is 0 Å². The molecule has 0 atom stereocenters. The van der Waals surface area contributed by atoms with E-state index in [4.69, 9.17) is 10.5 Å². The van der Waals surface area contributed by atoms with E-state index in [1.807, 2.05) is 6.92 Å². The lowest BCUT2D eigenvalue weighted by Gasteiger charge is -1.98. The fourth-order valence-corrected chi connectivity index (χ4v) is 0.560. The molecule has 0 heterocycles. The highest BCUT2D eigenvalue weighted by atomic mass is 16.5. The van der Waals surface area contributed by atoms with Gasteiger partial charge in [0, 0.05) is 0 Å². The first-order valence-corrected chi connectivity index (χ1v) is 3.26. The van der Waals surface area contributed by atoms with E-state index in [9.17, 15) is 4.79 Å². The van der Waals surface area contributed by atoms with Gasteiger partial charge in [-0.3, -0.25) is 4.79 Å². The topological polar surface area (TPSA) is 52.3 Å². The summed E-state index contributed by atoms with van der Waals surface area (Å²) in [5.74, 6) is -0.252. The lowest BCUT2D eigenvalue weighted by atomic mass is 10.3. The summed E-state index contributed by atoms with van der Waals surface area (Å²) in [5.41, 5.74) is 4.96. The molecule has 0 aromatic rings. The van der Waals surface area contributed by atoms with E-state index in [0.29, 0.717) is 0 Å². The minimum Gasteiger partial charge on any atom is -0.491 e. The molecule has 0 aliphatic carbocycles. The Bertz CT molecular complexity index is 141. The largest absolute Gasteiger partial charge is 0.491 e. The van der Waals surface area contributed by atoms with E-state index in [1.54, 1.807) is 6.08 Å². The van der Waals surface area contributed by atoms with Crippen LogP contribution in [0.4, 0.5) is 0 Å². The number of primary amides is 1. The number of methoxy groups -OCH3 is 1. The van der Waals surface area contributed by atoms with Crippen molar-refractivity contribution in [1.29, 1.82) is 0 Å². The molecule has 0 saturated heterocycles. The summed E-state index contributed by atoms with van der Waals surface area (Å²) in [5, 5.41) is 0. The van der Waals surface area contributed by atoms with Gasteiger partial charge < -0.3 is 10.5 Å². The maximum absolute atomic E-state index is 10.5. The monoisotopic (exact) mass is 143 g/mol. The van der Waals surface area contributed by atoms with Gasteiger partial charge in [-0.25, -0.2) is 0 Å². The van der Waals surface area contributed by atoms with Crippen molar-refractivity contribution in [2.24, 2.45) is 5.73 Å². The zero-order valence-electron chi connectivity index (χ0n) is 6.39. The summed E-state index contributed by atoms with van der Waals surface area (Å²) in [6.45, 7) is 2.02. The van der Waals surface area contributed by atoms with Gasteiger partial charge in [0.25, 0.3) is 5.91 Å². The molecule has 2 N–H and O–H groups in total. The van der Waals surface area contributed by atoms with Crippen LogP contribution in [0.25, 0.3) is 0 Å². The highest BCUT2D eigenvalue weighted by Gasteiger charge is 2.00. The average molecular weight is 143 g/mol. The Morgan fingerprint density at radius 3 is 2.60 bits per heavy atom. The third kappa shape index (κ3) is 3.12. The molecule has 10 heavy (non-hydrogen) atoms. The Kier molecular flexibility index (Phi) is 4.37. The van der Waals surface area contributed by atoms with Gasteiger partial charge in [-0.1, -0.05) is 13.3 Å². The molecule has 1 amide bonds. The molecule has 0 radical (unpaired) electrons. The molecular weight excluding hydrogens is 130 g/mol. The first-order chi connectivity index (χ1) is 4.72. The van der Waals surface area contributed by atoms with Crippen LogP contribution in [0.1, 0.15) is 19.8 Å². The highest BCUT2D eigenvalue weighted by molar-refractivity contribution is 5.89. The van der Waals surface area contributed by atoms with Gasteiger partial charge in [-0.05, 0) is 12.5 Å². The Morgan fingerprint density at radius 1 is 1.70 bits per heavy atom. The number of ether oxygens (including phenoxy) is 1. The molecule has 0 aliphatic rings. The molecule has 0 aliphatic heterocycles. The molecule has 3 nitrogen and oxygen atoms in total. The summed E-state index contributed by atoms with van der Waals surface area (Å²) < 4.78 is 4.70. The third-order valence-corrected chi connectivity index (χ3v) is 1.08. The van der Waals surface area contributed by atoms with E-state index >= 15 is 0 Å². The normalized spacial score (nSPS) is 11.2. The maximum atomic E-state index is 10.5. The van der Waals surface area contributed by atoms with Crippen molar-refractivity contribution in [3.05, 3.63) is 11.8 Å². The van der Waals surface area contributed by atoms with Crippen molar-refractivity contribution in [2.45, 2.75) is 19.8 Å². The quantitative estimate of drug-likeness (QED) is 0.467. The zero-order chi connectivity index (χ0) is 7.98. The van der Waals surface area contributed by atoms with Crippen LogP contribution in [0.3, 0.4) is 0 Å². The van der Waals surface area contributed by atoms with Crippen molar-refractivity contribution in [3.8, 4) is 0 Å². The van der Waals surface area contributed by atoms with Crippen LogP contribution in [0, 0.1) is 0 Å². The summed E-state index contributed by atoms with van der Waals surface area (Å²) in [7, 11) is 1.44. The minimum atomic E-state index is -0.504. The van der Waals surface area contributed by atoms with Crippen molar-refractivity contribution in [2.75, 3.05) is 7.11 Å². The van der Waals surface area contributed by atoms with Crippen molar-refractivity contribution >= 4 is 5.91 Å². The summed E-state index contributed by atoms with van der Waals surface area (Å²) in [4.78, 5) is 10.5. The fraction of sp³-hybridized carbons (Fsp3) is 0.571.